The van der Waals surface area contributed by atoms with Gasteiger partial charge in [0.25, 0.3) is 0 Å². The molecule has 33 heavy (non-hydrogen) atoms. The van der Waals surface area contributed by atoms with Gasteiger partial charge in [0.1, 0.15) is 23.4 Å². The van der Waals surface area contributed by atoms with Crippen LogP contribution in [0.15, 0.2) is 0 Å². The molecule has 5 saturated carbocycles. The first-order valence-electron chi connectivity index (χ1n) is 12.2. The number of ether oxygens (including phenoxy) is 4. The van der Waals surface area contributed by atoms with Crippen LogP contribution in [0.25, 0.3) is 0 Å². The quantitative estimate of drug-likeness (QED) is 0.396. The van der Waals surface area contributed by atoms with Crippen molar-refractivity contribution >= 4 is 0 Å². The van der Waals surface area contributed by atoms with Crippen LogP contribution < -0.4 is 0 Å². The number of piperidine rings is 1. The van der Waals surface area contributed by atoms with E-state index in [4.69, 9.17) is 18.9 Å². The fraction of sp³-hybridized carbons (Fsp3) is 1.00. The van der Waals surface area contributed by atoms with Crippen molar-refractivity contribution in [2.75, 3.05) is 48.6 Å². The van der Waals surface area contributed by atoms with Crippen LogP contribution in [0.3, 0.4) is 0 Å². The molecule has 0 amide bonds. The van der Waals surface area contributed by atoms with E-state index < -0.39 is 46.8 Å². The molecule has 0 radical (unpaired) electrons. The van der Waals surface area contributed by atoms with Crippen LogP contribution in [-0.4, -0.2) is 122 Å². The Morgan fingerprint density at radius 3 is 2.30 bits per heavy atom. The van der Waals surface area contributed by atoms with E-state index in [9.17, 15) is 20.4 Å². The molecule has 1 saturated heterocycles. The normalized spacial score (nSPS) is 63.2. The summed E-state index contributed by atoms with van der Waals surface area (Å²) in [4.78, 5) is 2.31. The third-order valence-electron chi connectivity index (χ3n) is 11.3. The Morgan fingerprint density at radius 2 is 1.70 bits per heavy atom. The second-order valence-corrected chi connectivity index (χ2v) is 11.9. The van der Waals surface area contributed by atoms with Gasteiger partial charge in [0, 0.05) is 69.6 Å². The number of hydrogen-bond donors (Lipinski definition) is 4. The fourth-order valence-electron chi connectivity index (χ4n) is 10.9. The van der Waals surface area contributed by atoms with Crippen LogP contribution in [0, 0.1) is 34.5 Å². The van der Waals surface area contributed by atoms with E-state index in [1.54, 1.807) is 21.3 Å². The third-order valence-corrected chi connectivity index (χ3v) is 11.3. The molecule has 1 aliphatic heterocycles. The zero-order valence-electron chi connectivity index (χ0n) is 20.2. The van der Waals surface area contributed by atoms with Crippen molar-refractivity contribution in [3.63, 3.8) is 0 Å². The predicted molar refractivity (Wildman–Crippen MR) is 115 cm³/mol. The lowest BCUT2D eigenvalue weighted by Gasteiger charge is -2.69. The van der Waals surface area contributed by atoms with Crippen molar-refractivity contribution in [1.29, 1.82) is 0 Å². The lowest BCUT2D eigenvalue weighted by molar-refractivity contribution is -0.314. The monoisotopic (exact) mass is 469 g/mol. The van der Waals surface area contributed by atoms with Crippen LogP contribution in [-0.2, 0) is 18.9 Å². The molecular formula is C24H39NO8. The van der Waals surface area contributed by atoms with Gasteiger partial charge in [-0.3, -0.25) is 0 Å². The van der Waals surface area contributed by atoms with Crippen molar-refractivity contribution in [2.24, 2.45) is 34.5 Å². The molecule has 6 rings (SSSR count). The first-order valence-corrected chi connectivity index (χ1v) is 12.2. The van der Waals surface area contributed by atoms with Crippen molar-refractivity contribution in [2.45, 2.75) is 67.0 Å². The number of fused-ring (bicyclic) bond motifs is 2. The summed E-state index contributed by atoms with van der Waals surface area (Å²) in [6.45, 7) is 1.36. The van der Waals surface area contributed by atoms with E-state index in [2.05, 4.69) is 11.9 Å². The summed E-state index contributed by atoms with van der Waals surface area (Å²) < 4.78 is 23.9. The summed E-state index contributed by atoms with van der Waals surface area (Å²) >= 11 is 0. The van der Waals surface area contributed by atoms with Crippen LogP contribution in [0.1, 0.15) is 19.3 Å². The molecule has 7 bridgehead atoms. The SMILES string of the molecule is COC[C@@]12CC[C@H](OC)[C@@]34[C@@H]5C[C@@]6(O)[C@H](O)[C@H]5[C@@](O)([C@@H]([C@H](OC)[C@@H]13)[C@H]4N(C)C2)[C@H](O)[C@H]6OC. The Labute approximate surface area is 194 Å². The largest absolute Gasteiger partial charge is 0.390 e. The Hall–Kier alpha value is -0.360. The minimum atomic E-state index is -1.67. The van der Waals surface area contributed by atoms with Gasteiger partial charge in [-0.15, -0.1) is 0 Å². The van der Waals surface area contributed by atoms with Crippen LogP contribution >= 0.6 is 0 Å². The molecule has 9 heteroatoms. The summed E-state index contributed by atoms with van der Waals surface area (Å²) in [5, 5.41) is 47.3. The molecule has 0 aromatic heterocycles. The highest BCUT2D eigenvalue weighted by Gasteiger charge is 2.89. The zero-order chi connectivity index (χ0) is 23.7. The fourth-order valence-corrected chi connectivity index (χ4v) is 10.9. The number of hydrogen-bond acceptors (Lipinski definition) is 9. The van der Waals surface area contributed by atoms with Gasteiger partial charge in [0.05, 0.1) is 24.9 Å². The van der Waals surface area contributed by atoms with Crippen molar-refractivity contribution < 1.29 is 39.4 Å². The first kappa shape index (κ1) is 23.1. The maximum atomic E-state index is 12.5. The minimum Gasteiger partial charge on any atom is -0.390 e. The smallest absolute Gasteiger partial charge is 0.120 e. The summed E-state index contributed by atoms with van der Waals surface area (Å²) in [6.07, 6.45) is -2.14. The van der Waals surface area contributed by atoms with Gasteiger partial charge in [-0.2, -0.15) is 0 Å². The first-order chi connectivity index (χ1) is 15.6. The molecule has 5 aliphatic carbocycles. The molecule has 0 aromatic rings. The maximum Gasteiger partial charge on any atom is 0.120 e. The summed E-state index contributed by atoms with van der Waals surface area (Å²) in [6, 6.07) is -0.131. The van der Waals surface area contributed by atoms with Crippen LogP contribution in [0.2, 0.25) is 0 Å². The van der Waals surface area contributed by atoms with E-state index in [0.717, 1.165) is 19.4 Å². The number of nitrogens with zero attached hydrogens (tertiary/aromatic N) is 1. The second kappa shape index (κ2) is 6.89. The lowest BCUT2D eigenvalue weighted by atomic mass is 9.43. The maximum absolute atomic E-state index is 12.5. The number of likely N-dealkylation sites (tertiary alicyclic amines) is 1. The Morgan fingerprint density at radius 1 is 0.970 bits per heavy atom. The molecule has 1 spiro atoms. The molecule has 14 atom stereocenters. The van der Waals surface area contributed by atoms with Gasteiger partial charge >= 0.3 is 0 Å². The molecule has 0 aromatic carbocycles. The molecule has 1 heterocycles. The van der Waals surface area contributed by atoms with Gasteiger partial charge in [-0.05, 0) is 32.2 Å². The van der Waals surface area contributed by atoms with Crippen molar-refractivity contribution in [3.05, 3.63) is 0 Å². The van der Waals surface area contributed by atoms with E-state index in [0.29, 0.717) is 6.61 Å². The molecule has 188 valence electrons. The Bertz CT molecular complexity index is 830. The molecular weight excluding hydrogens is 430 g/mol. The van der Waals surface area contributed by atoms with Gasteiger partial charge in [-0.25, -0.2) is 0 Å². The van der Waals surface area contributed by atoms with Crippen molar-refractivity contribution in [1.82, 2.24) is 4.90 Å². The van der Waals surface area contributed by atoms with Gasteiger partial charge in [0.2, 0.25) is 0 Å². The van der Waals surface area contributed by atoms with Gasteiger partial charge < -0.3 is 44.3 Å². The summed E-state index contributed by atoms with van der Waals surface area (Å²) in [5.41, 5.74) is -3.98. The van der Waals surface area contributed by atoms with Crippen molar-refractivity contribution in [3.8, 4) is 0 Å². The highest BCUT2D eigenvalue weighted by atomic mass is 16.5. The molecule has 0 unspecified atom stereocenters. The number of aliphatic hydroxyl groups is 4. The van der Waals surface area contributed by atoms with Gasteiger partial charge in [0.15, 0.2) is 0 Å². The highest BCUT2D eigenvalue weighted by Crippen LogP contribution is 2.79. The predicted octanol–water partition coefficient (Wildman–Crippen LogP) is -1.15. The lowest BCUT2D eigenvalue weighted by Crippen LogP contribution is -2.79. The number of aliphatic hydroxyl groups excluding tert-OH is 2. The molecule has 4 N–H and O–H groups in total. The second-order valence-electron chi connectivity index (χ2n) is 11.9. The zero-order valence-corrected chi connectivity index (χ0v) is 20.2. The topological polar surface area (TPSA) is 121 Å². The Kier molecular flexibility index (Phi) is 4.82. The van der Waals surface area contributed by atoms with Gasteiger partial charge in [-0.1, -0.05) is 0 Å². The average Bonchev–Trinajstić information content (AvgIpc) is 3.16. The highest BCUT2D eigenvalue weighted by molar-refractivity contribution is 5.39. The third kappa shape index (κ3) is 2.15. The van der Waals surface area contributed by atoms with E-state index in [1.807, 2.05) is 0 Å². The molecule has 6 fully saturated rings. The Balaban J connectivity index is 1.66. The van der Waals surface area contributed by atoms with E-state index in [1.165, 1.54) is 7.11 Å². The summed E-state index contributed by atoms with van der Waals surface area (Å²) in [7, 11) is 8.66. The molecule has 9 nitrogen and oxygen atoms in total. The number of methoxy groups -OCH3 is 4. The molecule has 6 aliphatic rings. The minimum absolute atomic E-state index is 0.00206. The number of rotatable bonds is 5. The van der Waals surface area contributed by atoms with Crippen LogP contribution in [0.5, 0.6) is 0 Å². The standard InChI is InChI=1S/C24H39NO8/c1-25-9-21(10-30-2)7-6-12(31-3)23-11-8-22(28)18(26)13(11)24(29,19(27)20(22)33-5)14(17(23)25)15(32-4)16(21)23/h11-20,26-29H,6-10H2,1-5H3/t11-,12+,13+,14+,15+,16+,17-,18-,19-,20-,21+,22-,23+,24-/m1/s1. The summed E-state index contributed by atoms with van der Waals surface area (Å²) in [5.74, 6) is -1.44. The average molecular weight is 470 g/mol. The van der Waals surface area contributed by atoms with E-state index in [-0.39, 0.29) is 41.9 Å². The van der Waals surface area contributed by atoms with Crippen LogP contribution in [0.4, 0.5) is 0 Å². The van der Waals surface area contributed by atoms with E-state index >= 15 is 0 Å².